The molecule has 1 aromatic heterocycles. The van der Waals surface area contributed by atoms with Crippen LogP contribution in [0.1, 0.15) is 82.7 Å². The summed E-state index contributed by atoms with van der Waals surface area (Å²) in [5.74, 6) is 1.94. The van der Waals surface area contributed by atoms with Crippen LogP contribution in [-0.4, -0.2) is 42.0 Å². The molecule has 0 radical (unpaired) electrons. The van der Waals surface area contributed by atoms with Crippen molar-refractivity contribution in [1.29, 1.82) is 0 Å². The van der Waals surface area contributed by atoms with Gasteiger partial charge in [0.05, 0.1) is 11.4 Å². The molecular formula is C33H43F3N6. The molecule has 2 unspecified atom stereocenters. The summed E-state index contributed by atoms with van der Waals surface area (Å²) in [5, 5.41) is 10.6. The molecule has 0 aliphatic carbocycles. The Hall–Kier alpha value is -3.30. The Morgan fingerprint density at radius 1 is 1.05 bits per heavy atom. The lowest BCUT2D eigenvalue weighted by Gasteiger charge is -2.33. The van der Waals surface area contributed by atoms with E-state index in [1.165, 1.54) is 11.1 Å². The molecule has 42 heavy (non-hydrogen) atoms. The number of aliphatic imine (C=N–C) groups is 2. The molecule has 2 aromatic rings. The quantitative estimate of drug-likeness (QED) is 0.349. The van der Waals surface area contributed by atoms with Crippen molar-refractivity contribution >= 4 is 11.5 Å². The summed E-state index contributed by atoms with van der Waals surface area (Å²) in [5.41, 5.74) is 5.69. The second-order valence-corrected chi connectivity index (χ2v) is 12.1. The van der Waals surface area contributed by atoms with Crippen molar-refractivity contribution in [3.63, 3.8) is 0 Å². The van der Waals surface area contributed by atoms with Crippen molar-refractivity contribution in [2.45, 2.75) is 79.2 Å². The zero-order valence-corrected chi connectivity index (χ0v) is 25.4. The van der Waals surface area contributed by atoms with E-state index in [2.05, 4.69) is 78.7 Å². The lowest BCUT2D eigenvalue weighted by Crippen LogP contribution is -2.46. The van der Waals surface area contributed by atoms with Gasteiger partial charge in [-0.2, -0.15) is 13.2 Å². The molecule has 226 valence electrons. The zero-order chi connectivity index (χ0) is 30.4. The predicted octanol–water partition coefficient (Wildman–Crippen LogP) is 6.86. The van der Waals surface area contributed by atoms with Crippen LogP contribution in [0.2, 0.25) is 0 Å². The number of nitrogens with zero attached hydrogens (tertiary/aromatic N) is 3. The number of nitrogens with one attached hydrogen (secondary N) is 3. The molecule has 1 aromatic carbocycles. The number of pyridine rings is 1. The summed E-state index contributed by atoms with van der Waals surface area (Å²) in [6.45, 7) is 14.9. The molecule has 2 atom stereocenters. The number of aromatic nitrogens is 1. The number of hydrogen-bond donors (Lipinski definition) is 3. The number of amidine groups is 1. The monoisotopic (exact) mass is 580 g/mol. The van der Waals surface area contributed by atoms with Gasteiger partial charge in [0.25, 0.3) is 0 Å². The van der Waals surface area contributed by atoms with Gasteiger partial charge in [0.1, 0.15) is 17.7 Å². The van der Waals surface area contributed by atoms with Crippen molar-refractivity contribution in [2.24, 2.45) is 21.8 Å². The van der Waals surface area contributed by atoms with E-state index in [0.717, 1.165) is 54.2 Å². The number of allylic oxidation sites excluding steroid dienone is 2. The number of alkyl halides is 3. The molecule has 0 spiro atoms. The highest BCUT2D eigenvalue weighted by Crippen LogP contribution is 2.32. The smallest absolute Gasteiger partial charge is 0.342 e. The minimum absolute atomic E-state index is 0.126. The SMILES string of the molecule is CC(C)C.CC1CC=C(C(F)(F)F)N=C1c1ccc(CNC2N=C(c3ccccc3C(C)C)NC3=C2CCNC3)cn1. The van der Waals surface area contributed by atoms with E-state index in [1.807, 2.05) is 19.1 Å². The minimum atomic E-state index is -4.46. The molecule has 0 amide bonds. The fraction of sp³-hybridized carbons (Fsp3) is 0.485. The van der Waals surface area contributed by atoms with Crippen molar-refractivity contribution in [1.82, 2.24) is 20.9 Å². The van der Waals surface area contributed by atoms with Crippen LogP contribution >= 0.6 is 0 Å². The maximum atomic E-state index is 13.2. The second kappa shape index (κ2) is 13.8. The van der Waals surface area contributed by atoms with Crippen LogP contribution in [-0.2, 0) is 6.54 Å². The average molecular weight is 581 g/mol. The molecule has 5 rings (SSSR count). The summed E-state index contributed by atoms with van der Waals surface area (Å²) in [6.07, 6.45) is -0.579. The van der Waals surface area contributed by atoms with Gasteiger partial charge in [-0.3, -0.25) is 10.3 Å². The van der Waals surface area contributed by atoms with Crippen molar-refractivity contribution in [3.8, 4) is 0 Å². The van der Waals surface area contributed by atoms with Gasteiger partial charge in [-0.15, -0.1) is 0 Å². The Bertz CT molecular complexity index is 1350. The van der Waals surface area contributed by atoms with Gasteiger partial charge >= 0.3 is 6.18 Å². The van der Waals surface area contributed by atoms with E-state index >= 15 is 0 Å². The van der Waals surface area contributed by atoms with Crippen LogP contribution in [0.4, 0.5) is 13.2 Å². The first-order valence-electron chi connectivity index (χ1n) is 14.8. The van der Waals surface area contributed by atoms with Gasteiger partial charge in [0.2, 0.25) is 0 Å². The molecule has 0 saturated heterocycles. The lowest BCUT2D eigenvalue weighted by molar-refractivity contribution is -0.0928. The van der Waals surface area contributed by atoms with Crippen LogP contribution in [0.15, 0.2) is 75.6 Å². The highest BCUT2D eigenvalue weighted by Gasteiger charge is 2.36. The van der Waals surface area contributed by atoms with E-state index < -0.39 is 11.9 Å². The van der Waals surface area contributed by atoms with Gasteiger partial charge in [0.15, 0.2) is 0 Å². The molecule has 3 N–H and O–H groups in total. The van der Waals surface area contributed by atoms with Crippen molar-refractivity contribution in [3.05, 3.63) is 88.0 Å². The van der Waals surface area contributed by atoms with E-state index in [4.69, 9.17) is 4.99 Å². The van der Waals surface area contributed by atoms with Crippen molar-refractivity contribution < 1.29 is 13.2 Å². The van der Waals surface area contributed by atoms with Crippen LogP contribution in [0.25, 0.3) is 0 Å². The van der Waals surface area contributed by atoms with E-state index in [9.17, 15) is 13.2 Å². The minimum Gasteiger partial charge on any atom is -0.342 e. The first-order valence-corrected chi connectivity index (χ1v) is 14.8. The third-order valence-electron chi connectivity index (χ3n) is 7.21. The van der Waals surface area contributed by atoms with Crippen LogP contribution in [0, 0.1) is 11.8 Å². The molecule has 9 heteroatoms. The fourth-order valence-electron chi connectivity index (χ4n) is 5.10. The molecule has 6 nitrogen and oxygen atoms in total. The normalized spacial score (nSPS) is 20.7. The predicted molar refractivity (Wildman–Crippen MR) is 165 cm³/mol. The number of rotatable bonds is 6. The van der Waals surface area contributed by atoms with Gasteiger partial charge in [-0.1, -0.05) is 78.0 Å². The molecule has 0 saturated carbocycles. The van der Waals surface area contributed by atoms with Gasteiger partial charge in [-0.25, -0.2) is 9.98 Å². The Labute approximate surface area is 247 Å². The third kappa shape index (κ3) is 7.95. The first-order chi connectivity index (χ1) is 19.9. The number of halogens is 3. The highest BCUT2D eigenvalue weighted by atomic mass is 19.4. The standard InChI is InChI=1S/C29H33F3N6.C4H10/c1-17(2)20-6-4-5-7-21(20)28-36-24-16-33-13-12-22(24)27(38-28)35-15-19-9-10-23(34-14-19)26-18(3)8-11-25(37-26)29(30,31)32;1-4(2)3/h4-7,9-11,14,17-18,27,33,35H,8,12-13,15-16H2,1-3H3,(H,36,38);4H,1-3H3. The summed E-state index contributed by atoms with van der Waals surface area (Å²) >= 11 is 0. The molecule has 4 heterocycles. The molecule has 0 fully saturated rings. The first kappa shape index (κ1) is 31.6. The van der Waals surface area contributed by atoms with Gasteiger partial charge in [0, 0.05) is 36.5 Å². The molecule has 3 aliphatic heterocycles. The zero-order valence-electron chi connectivity index (χ0n) is 25.4. The fourth-order valence-corrected chi connectivity index (χ4v) is 5.10. The molecule has 0 bridgehead atoms. The largest absolute Gasteiger partial charge is 0.433 e. The van der Waals surface area contributed by atoms with Crippen molar-refractivity contribution in [2.75, 3.05) is 13.1 Å². The van der Waals surface area contributed by atoms with Crippen LogP contribution in [0.3, 0.4) is 0 Å². The summed E-state index contributed by atoms with van der Waals surface area (Å²) in [6, 6.07) is 12.0. The maximum absolute atomic E-state index is 13.2. The Kier molecular flexibility index (Phi) is 10.4. The van der Waals surface area contributed by atoms with E-state index in [-0.39, 0.29) is 12.1 Å². The van der Waals surface area contributed by atoms with Crippen LogP contribution in [0.5, 0.6) is 0 Å². The van der Waals surface area contributed by atoms with Gasteiger partial charge < -0.3 is 10.6 Å². The Morgan fingerprint density at radius 2 is 1.79 bits per heavy atom. The van der Waals surface area contributed by atoms with E-state index in [0.29, 0.717) is 30.3 Å². The number of benzene rings is 1. The topological polar surface area (TPSA) is 73.7 Å². The second-order valence-electron chi connectivity index (χ2n) is 12.1. The maximum Gasteiger partial charge on any atom is 0.433 e. The third-order valence-corrected chi connectivity index (χ3v) is 7.21. The van der Waals surface area contributed by atoms with E-state index in [1.54, 1.807) is 12.3 Å². The molecular weight excluding hydrogens is 537 g/mol. The lowest BCUT2D eigenvalue weighted by atomic mass is 9.94. The Balaban J connectivity index is 0.000000952. The van der Waals surface area contributed by atoms with Crippen LogP contribution < -0.4 is 16.0 Å². The molecule has 3 aliphatic rings. The Morgan fingerprint density at radius 3 is 2.45 bits per heavy atom. The summed E-state index contributed by atoms with van der Waals surface area (Å²) in [7, 11) is 0. The summed E-state index contributed by atoms with van der Waals surface area (Å²) in [4.78, 5) is 13.4. The number of hydrogen-bond acceptors (Lipinski definition) is 6. The average Bonchev–Trinajstić information content (AvgIpc) is 2.95. The van der Waals surface area contributed by atoms with Gasteiger partial charge in [-0.05, 0) is 54.0 Å². The summed E-state index contributed by atoms with van der Waals surface area (Å²) < 4.78 is 39.6. The highest BCUT2D eigenvalue weighted by molar-refractivity contribution is 6.02.